The topological polar surface area (TPSA) is 61.8 Å². The highest BCUT2D eigenvalue weighted by Gasteiger charge is 2.35. The third kappa shape index (κ3) is 5.81. The number of benzene rings is 3. The van der Waals surface area contributed by atoms with Gasteiger partial charge in [0.2, 0.25) is 0 Å². The number of nitrogens with zero attached hydrogens (tertiary/aromatic N) is 1. The zero-order valence-corrected chi connectivity index (χ0v) is 19.4. The Kier molecular flexibility index (Phi) is 7.78. The van der Waals surface area contributed by atoms with E-state index in [-0.39, 0.29) is 24.8 Å². The Morgan fingerprint density at radius 3 is 2.27 bits per heavy atom. The molecule has 6 heteroatoms. The fourth-order valence-corrected chi connectivity index (χ4v) is 4.74. The normalized spacial score (nSPS) is 18.5. The third-order valence-corrected chi connectivity index (χ3v) is 6.48. The smallest absolute Gasteiger partial charge is 0.329 e. The first kappa shape index (κ1) is 23.5. The molecule has 0 aromatic heterocycles. The number of nitrogens with one attached hydrogen (secondary N) is 1. The van der Waals surface area contributed by atoms with E-state index in [1.165, 1.54) is 11.1 Å². The van der Waals surface area contributed by atoms with Crippen LogP contribution in [0.2, 0.25) is 5.02 Å². The van der Waals surface area contributed by atoms with Crippen LogP contribution >= 0.6 is 11.6 Å². The number of hydrogen-bond donors (Lipinski definition) is 2. The molecule has 3 aromatic carbocycles. The Bertz CT molecular complexity index is 1040. The van der Waals surface area contributed by atoms with E-state index in [0.717, 1.165) is 35.8 Å². The minimum Gasteiger partial charge on any atom is -0.480 e. The lowest BCUT2D eigenvalue weighted by molar-refractivity contribution is -0.151. The summed E-state index contributed by atoms with van der Waals surface area (Å²) in [6.07, 6.45) is -0.298. The van der Waals surface area contributed by atoms with Crippen LogP contribution in [0.1, 0.15) is 24.0 Å². The van der Waals surface area contributed by atoms with Crippen LogP contribution in [0.15, 0.2) is 78.9 Å². The van der Waals surface area contributed by atoms with Crippen molar-refractivity contribution in [2.75, 3.05) is 26.2 Å². The quantitative estimate of drug-likeness (QED) is 0.498. The number of piperazine rings is 1. The average molecular weight is 465 g/mol. The maximum absolute atomic E-state index is 11.0. The molecule has 0 aliphatic carbocycles. The molecular weight excluding hydrogens is 436 g/mol. The Balaban J connectivity index is 1.66. The zero-order chi connectivity index (χ0) is 23.2. The molecule has 3 aromatic rings. The van der Waals surface area contributed by atoms with Crippen molar-refractivity contribution in [3.05, 3.63) is 95.0 Å². The van der Waals surface area contributed by atoms with Crippen molar-refractivity contribution in [3.8, 4) is 11.1 Å². The van der Waals surface area contributed by atoms with Crippen LogP contribution in [-0.2, 0) is 9.53 Å². The molecule has 1 heterocycles. The summed E-state index contributed by atoms with van der Waals surface area (Å²) in [5, 5.41) is 13.3. The first-order chi connectivity index (χ1) is 16.0. The standard InChI is InChI=1S/C27H29ClN2O3/c1-19(33-18-26(31)32)30-16-15-29-17-25(30)27(22-5-3-2-4-6-22)23-9-7-20(8-10-23)21-11-13-24(28)14-12-21/h2-14,19,25,27,29H,15-18H2,1H3,(H,31,32). The number of carbonyl (C=O) groups is 1. The highest BCUT2D eigenvalue weighted by atomic mass is 35.5. The lowest BCUT2D eigenvalue weighted by Crippen LogP contribution is -2.57. The van der Waals surface area contributed by atoms with Crippen LogP contribution in [0, 0.1) is 0 Å². The molecule has 3 atom stereocenters. The lowest BCUT2D eigenvalue weighted by Gasteiger charge is -2.44. The van der Waals surface area contributed by atoms with Gasteiger partial charge in [0, 0.05) is 36.6 Å². The molecule has 2 N–H and O–H groups in total. The number of carboxylic acids is 1. The highest BCUT2D eigenvalue weighted by molar-refractivity contribution is 6.30. The van der Waals surface area contributed by atoms with E-state index in [9.17, 15) is 4.79 Å². The summed E-state index contributed by atoms with van der Waals surface area (Å²) in [6.45, 7) is 4.06. The van der Waals surface area contributed by atoms with Crippen LogP contribution in [0.4, 0.5) is 0 Å². The van der Waals surface area contributed by atoms with E-state index < -0.39 is 5.97 Å². The van der Waals surface area contributed by atoms with Gasteiger partial charge >= 0.3 is 5.97 Å². The van der Waals surface area contributed by atoms with Gasteiger partial charge in [-0.3, -0.25) is 4.90 Å². The van der Waals surface area contributed by atoms with Crippen LogP contribution in [-0.4, -0.2) is 54.5 Å². The van der Waals surface area contributed by atoms with Crippen molar-refractivity contribution in [1.82, 2.24) is 10.2 Å². The Hall–Kier alpha value is -2.70. The van der Waals surface area contributed by atoms with E-state index in [1.807, 2.05) is 37.3 Å². The fraction of sp³-hybridized carbons (Fsp3) is 0.296. The van der Waals surface area contributed by atoms with Gasteiger partial charge in [0.05, 0.1) is 0 Å². The van der Waals surface area contributed by atoms with Crippen molar-refractivity contribution >= 4 is 17.6 Å². The summed E-state index contributed by atoms with van der Waals surface area (Å²) in [6, 6.07) is 27.1. The molecule has 0 radical (unpaired) electrons. The predicted octanol–water partition coefficient (Wildman–Crippen LogP) is 4.86. The second kappa shape index (κ2) is 10.9. The molecule has 5 nitrogen and oxygen atoms in total. The molecule has 1 aliphatic heterocycles. The van der Waals surface area contributed by atoms with E-state index >= 15 is 0 Å². The minimum absolute atomic E-state index is 0.106. The highest BCUT2D eigenvalue weighted by Crippen LogP contribution is 2.34. The first-order valence-corrected chi connectivity index (χ1v) is 11.6. The van der Waals surface area contributed by atoms with Gasteiger partial charge in [-0.25, -0.2) is 4.79 Å². The summed E-state index contributed by atoms with van der Waals surface area (Å²) < 4.78 is 5.67. The van der Waals surface area contributed by atoms with Crippen molar-refractivity contribution in [3.63, 3.8) is 0 Å². The molecule has 33 heavy (non-hydrogen) atoms. The van der Waals surface area contributed by atoms with Crippen molar-refractivity contribution in [1.29, 1.82) is 0 Å². The zero-order valence-electron chi connectivity index (χ0n) is 18.7. The molecular formula is C27H29ClN2O3. The number of carboxylic acid groups (broad SMARTS) is 1. The van der Waals surface area contributed by atoms with Crippen molar-refractivity contribution < 1.29 is 14.6 Å². The van der Waals surface area contributed by atoms with Crippen LogP contribution in [0.3, 0.4) is 0 Å². The maximum atomic E-state index is 11.0. The fourth-order valence-electron chi connectivity index (χ4n) is 4.61. The SMILES string of the molecule is CC(OCC(=O)O)N1CCNCC1C(c1ccccc1)c1ccc(-c2ccc(Cl)cc2)cc1. The number of ether oxygens (including phenoxy) is 1. The van der Waals surface area contributed by atoms with Crippen LogP contribution in [0.5, 0.6) is 0 Å². The Morgan fingerprint density at radius 1 is 1.03 bits per heavy atom. The van der Waals surface area contributed by atoms with Crippen LogP contribution < -0.4 is 5.32 Å². The molecule has 0 saturated carbocycles. The number of rotatable bonds is 8. The molecule has 0 amide bonds. The van der Waals surface area contributed by atoms with Crippen LogP contribution in [0.25, 0.3) is 11.1 Å². The molecule has 172 valence electrons. The average Bonchev–Trinajstić information content (AvgIpc) is 2.85. The second-order valence-corrected chi connectivity index (χ2v) is 8.77. The molecule has 3 unspecified atom stereocenters. The largest absolute Gasteiger partial charge is 0.480 e. The molecule has 1 fully saturated rings. The Labute approximate surface area is 200 Å². The molecule has 1 aliphatic rings. The summed E-state index contributed by atoms with van der Waals surface area (Å²) in [4.78, 5) is 13.3. The lowest BCUT2D eigenvalue weighted by atomic mass is 9.82. The van der Waals surface area contributed by atoms with E-state index in [1.54, 1.807) is 0 Å². The second-order valence-electron chi connectivity index (χ2n) is 8.33. The summed E-state index contributed by atoms with van der Waals surface area (Å²) in [5.41, 5.74) is 4.70. The molecule has 1 saturated heterocycles. The van der Waals surface area contributed by atoms with Gasteiger partial charge in [-0.1, -0.05) is 78.3 Å². The monoisotopic (exact) mass is 464 g/mol. The van der Waals surface area contributed by atoms with Gasteiger partial charge in [0.15, 0.2) is 0 Å². The van der Waals surface area contributed by atoms with Gasteiger partial charge in [-0.15, -0.1) is 0 Å². The number of halogens is 1. The van der Waals surface area contributed by atoms with E-state index in [2.05, 4.69) is 58.7 Å². The first-order valence-electron chi connectivity index (χ1n) is 11.2. The number of hydrogen-bond acceptors (Lipinski definition) is 4. The maximum Gasteiger partial charge on any atom is 0.329 e. The summed E-state index contributed by atoms with van der Waals surface area (Å²) in [5.74, 6) is -0.847. The van der Waals surface area contributed by atoms with Crippen molar-refractivity contribution in [2.24, 2.45) is 0 Å². The van der Waals surface area contributed by atoms with Gasteiger partial charge in [-0.05, 0) is 41.3 Å². The van der Waals surface area contributed by atoms with Crippen molar-refractivity contribution in [2.45, 2.75) is 25.1 Å². The predicted molar refractivity (Wildman–Crippen MR) is 132 cm³/mol. The van der Waals surface area contributed by atoms with E-state index in [4.69, 9.17) is 21.4 Å². The number of aliphatic carboxylic acids is 1. The van der Waals surface area contributed by atoms with Gasteiger partial charge < -0.3 is 15.2 Å². The summed E-state index contributed by atoms with van der Waals surface area (Å²) >= 11 is 6.05. The summed E-state index contributed by atoms with van der Waals surface area (Å²) in [7, 11) is 0. The van der Waals surface area contributed by atoms with Gasteiger partial charge in [0.1, 0.15) is 12.8 Å². The van der Waals surface area contributed by atoms with Gasteiger partial charge in [0.25, 0.3) is 0 Å². The molecule has 0 spiro atoms. The Morgan fingerprint density at radius 2 is 1.64 bits per heavy atom. The molecule has 4 rings (SSSR count). The minimum atomic E-state index is -0.953. The molecule has 0 bridgehead atoms. The third-order valence-electron chi connectivity index (χ3n) is 6.23. The van der Waals surface area contributed by atoms with E-state index in [0.29, 0.717) is 0 Å². The van der Waals surface area contributed by atoms with Gasteiger partial charge in [-0.2, -0.15) is 0 Å².